The number of carbonyl (C=O) groups excluding carboxylic acids is 1. The van der Waals surface area contributed by atoms with Crippen LogP contribution in [0, 0.1) is 6.92 Å². The molecule has 1 aromatic heterocycles. The summed E-state index contributed by atoms with van der Waals surface area (Å²) in [4.78, 5) is 18.7. The highest BCUT2D eigenvalue weighted by atomic mass is 16.5. The van der Waals surface area contributed by atoms with E-state index in [4.69, 9.17) is 4.52 Å². The van der Waals surface area contributed by atoms with Gasteiger partial charge in [0.15, 0.2) is 0 Å². The Hall–Kier alpha value is -2.17. The van der Waals surface area contributed by atoms with E-state index in [1.54, 1.807) is 0 Å². The molecule has 0 bridgehead atoms. The van der Waals surface area contributed by atoms with E-state index in [1.165, 1.54) is 12.0 Å². The number of benzene rings is 1. The molecule has 23 heavy (non-hydrogen) atoms. The van der Waals surface area contributed by atoms with Gasteiger partial charge in [0.25, 0.3) is 0 Å². The number of hydrogen-bond acceptors (Lipinski definition) is 4. The summed E-state index contributed by atoms with van der Waals surface area (Å²) in [5.74, 6) is 1.30. The summed E-state index contributed by atoms with van der Waals surface area (Å²) in [5, 5.41) is 4.01. The molecule has 0 N–H and O–H groups in total. The van der Waals surface area contributed by atoms with Crippen molar-refractivity contribution in [2.24, 2.45) is 0 Å². The van der Waals surface area contributed by atoms with Gasteiger partial charge in [0.1, 0.15) is 0 Å². The van der Waals surface area contributed by atoms with Crippen molar-refractivity contribution in [1.29, 1.82) is 0 Å². The van der Waals surface area contributed by atoms with Crippen LogP contribution in [0.2, 0.25) is 0 Å². The fourth-order valence-electron chi connectivity index (χ4n) is 3.00. The number of carbonyl (C=O) groups is 1. The maximum atomic E-state index is 12.3. The standard InChI is InChI=1S/C18H23N3O2/c1-13-6-8-15(9-7-13)18-19-16(23-20-18)10-11-17(22)21-12-4-3-5-14(21)2/h6-9,14H,3-5,10-12H2,1-2H3. The fourth-order valence-corrected chi connectivity index (χ4v) is 3.00. The molecule has 0 spiro atoms. The molecule has 2 aromatic rings. The molecule has 0 aliphatic carbocycles. The number of aromatic nitrogens is 2. The van der Waals surface area contributed by atoms with Gasteiger partial charge in [-0.25, -0.2) is 0 Å². The normalized spacial score (nSPS) is 18.2. The highest BCUT2D eigenvalue weighted by Crippen LogP contribution is 2.19. The van der Waals surface area contributed by atoms with Gasteiger partial charge in [0, 0.05) is 31.0 Å². The van der Waals surface area contributed by atoms with Gasteiger partial charge in [-0.05, 0) is 33.1 Å². The third-order valence-electron chi connectivity index (χ3n) is 4.45. The first kappa shape index (κ1) is 15.7. The van der Waals surface area contributed by atoms with Crippen LogP contribution in [0.4, 0.5) is 0 Å². The minimum absolute atomic E-state index is 0.187. The molecular weight excluding hydrogens is 290 g/mol. The predicted octanol–water partition coefficient (Wildman–Crippen LogP) is 3.38. The van der Waals surface area contributed by atoms with Gasteiger partial charge in [-0.2, -0.15) is 4.98 Å². The van der Waals surface area contributed by atoms with Crippen LogP contribution >= 0.6 is 0 Å². The van der Waals surface area contributed by atoms with Gasteiger partial charge >= 0.3 is 0 Å². The summed E-state index contributed by atoms with van der Waals surface area (Å²) >= 11 is 0. The van der Waals surface area contributed by atoms with E-state index in [-0.39, 0.29) is 5.91 Å². The van der Waals surface area contributed by atoms with Crippen molar-refractivity contribution >= 4 is 5.91 Å². The smallest absolute Gasteiger partial charge is 0.227 e. The minimum Gasteiger partial charge on any atom is -0.340 e. The van der Waals surface area contributed by atoms with E-state index < -0.39 is 0 Å². The van der Waals surface area contributed by atoms with Crippen molar-refractivity contribution in [2.75, 3.05) is 6.54 Å². The summed E-state index contributed by atoms with van der Waals surface area (Å²) in [6.07, 6.45) is 4.35. The lowest BCUT2D eigenvalue weighted by Gasteiger charge is -2.33. The van der Waals surface area contributed by atoms with Gasteiger partial charge < -0.3 is 9.42 Å². The summed E-state index contributed by atoms with van der Waals surface area (Å²) < 4.78 is 5.28. The Morgan fingerprint density at radius 2 is 2.09 bits per heavy atom. The Morgan fingerprint density at radius 1 is 1.30 bits per heavy atom. The van der Waals surface area contributed by atoms with Gasteiger partial charge in [-0.1, -0.05) is 35.0 Å². The number of piperidine rings is 1. The first-order chi connectivity index (χ1) is 11.1. The lowest BCUT2D eigenvalue weighted by Crippen LogP contribution is -2.42. The largest absolute Gasteiger partial charge is 0.340 e. The second-order valence-electron chi connectivity index (χ2n) is 6.31. The highest BCUT2D eigenvalue weighted by molar-refractivity contribution is 5.76. The lowest BCUT2D eigenvalue weighted by atomic mass is 10.0. The second-order valence-corrected chi connectivity index (χ2v) is 6.31. The zero-order valence-electron chi connectivity index (χ0n) is 13.8. The Morgan fingerprint density at radius 3 is 2.83 bits per heavy atom. The van der Waals surface area contributed by atoms with Crippen LogP contribution in [-0.4, -0.2) is 33.5 Å². The van der Waals surface area contributed by atoms with Gasteiger partial charge in [-0.3, -0.25) is 4.79 Å². The SMILES string of the molecule is Cc1ccc(-c2noc(CCC(=O)N3CCCCC3C)n2)cc1. The summed E-state index contributed by atoms with van der Waals surface area (Å²) in [7, 11) is 0. The second kappa shape index (κ2) is 6.94. The molecule has 3 rings (SSSR count). The van der Waals surface area contributed by atoms with E-state index in [1.807, 2.05) is 36.1 Å². The number of aryl methyl sites for hydroxylation is 2. The Kier molecular flexibility index (Phi) is 4.74. The van der Waals surface area contributed by atoms with Crippen LogP contribution in [0.15, 0.2) is 28.8 Å². The molecular formula is C18H23N3O2. The monoisotopic (exact) mass is 313 g/mol. The molecule has 2 heterocycles. The molecule has 0 saturated carbocycles. The van der Waals surface area contributed by atoms with E-state index >= 15 is 0 Å². The van der Waals surface area contributed by atoms with Crippen molar-refractivity contribution in [3.8, 4) is 11.4 Å². The van der Waals surface area contributed by atoms with Crippen LogP contribution < -0.4 is 0 Å². The highest BCUT2D eigenvalue weighted by Gasteiger charge is 2.23. The Balaban J connectivity index is 1.58. The molecule has 1 aliphatic heterocycles. The van der Waals surface area contributed by atoms with Crippen LogP contribution in [0.25, 0.3) is 11.4 Å². The number of hydrogen-bond donors (Lipinski definition) is 0. The molecule has 5 nitrogen and oxygen atoms in total. The summed E-state index contributed by atoms with van der Waals surface area (Å²) in [5.41, 5.74) is 2.13. The van der Waals surface area contributed by atoms with E-state index in [0.29, 0.717) is 30.6 Å². The van der Waals surface area contributed by atoms with Crippen molar-refractivity contribution in [1.82, 2.24) is 15.0 Å². The Labute approximate surface area is 136 Å². The number of rotatable bonds is 4. The molecule has 1 amide bonds. The topological polar surface area (TPSA) is 59.2 Å². The zero-order chi connectivity index (χ0) is 16.2. The molecule has 1 aromatic carbocycles. The van der Waals surface area contributed by atoms with Crippen LogP contribution in [-0.2, 0) is 11.2 Å². The zero-order valence-corrected chi connectivity index (χ0v) is 13.8. The van der Waals surface area contributed by atoms with Crippen molar-refractivity contribution in [3.63, 3.8) is 0 Å². The molecule has 1 unspecified atom stereocenters. The maximum Gasteiger partial charge on any atom is 0.227 e. The molecule has 1 aliphatic rings. The van der Waals surface area contributed by atoms with E-state index in [0.717, 1.165) is 24.9 Å². The average Bonchev–Trinajstić information content (AvgIpc) is 3.03. The van der Waals surface area contributed by atoms with Gasteiger partial charge in [0.05, 0.1) is 0 Å². The van der Waals surface area contributed by atoms with Gasteiger partial charge in [0.2, 0.25) is 17.6 Å². The molecule has 0 radical (unpaired) electrons. The minimum atomic E-state index is 0.187. The lowest BCUT2D eigenvalue weighted by molar-refractivity contribution is -0.134. The molecule has 1 fully saturated rings. The van der Waals surface area contributed by atoms with Crippen LogP contribution in [0.1, 0.15) is 44.1 Å². The van der Waals surface area contributed by atoms with Crippen LogP contribution in [0.5, 0.6) is 0 Å². The molecule has 5 heteroatoms. The van der Waals surface area contributed by atoms with Crippen LogP contribution in [0.3, 0.4) is 0 Å². The maximum absolute atomic E-state index is 12.3. The van der Waals surface area contributed by atoms with Crippen molar-refractivity contribution < 1.29 is 9.32 Å². The number of nitrogens with zero attached hydrogens (tertiary/aromatic N) is 3. The molecule has 1 saturated heterocycles. The number of amides is 1. The molecule has 122 valence electrons. The van der Waals surface area contributed by atoms with Crippen molar-refractivity contribution in [2.45, 2.75) is 52.0 Å². The predicted molar refractivity (Wildman–Crippen MR) is 87.8 cm³/mol. The number of likely N-dealkylation sites (tertiary alicyclic amines) is 1. The molecule has 1 atom stereocenters. The van der Waals surface area contributed by atoms with Crippen molar-refractivity contribution in [3.05, 3.63) is 35.7 Å². The Bertz CT molecular complexity index is 663. The average molecular weight is 313 g/mol. The summed E-state index contributed by atoms with van der Waals surface area (Å²) in [6, 6.07) is 8.34. The summed E-state index contributed by atoms with van der Waals surface area (Å²) in [6.45, 7) is 5.04. The third-order valence-corrected chi connectivity index (χ3v) is 4.45. The van der Waals surface area contributed by atoms with E-state index in [9.17, 15) is 4.79 Å². The quantitative estimate of drug-likeness (QED) is 0.868. The van der Waals surface area contributed by atoms with Gasteiger partial charge in [-0.15, -0.1) is 0 Å². The fraction of sp³-hybridized carbons (Fsp3) is 0.500. The first-order valence-corrected chi connectivity index (χ1v) is 8.32. The van der Waals surface area contributed by atoms with E-state index in [2.05, 4.69) is 17.1 Å². The first-order valence-electron chi connectivity index (χ1n) is 8.32. The third kappa shape index (κ3) is 3.78.